The van der Waals surface area contributed by atoms with E-state index in [1.54, 1.807) is 0 Å². The third kappa shape index (κ3) is 2.96. The Bertz CT molecular complexity index is 291. The zero-order chi connectivity index (χ0) is 10.6. The topological polar surface area (TPSA) is 21.3 Å². The molecule has 2 nitrogen and oxygen atoms in total. The smallest absolute Gasteiger partial charge is 0.119 e. The van der Waals surface area contributed by atoms with Gasteiger partial charge in [0.15, 0.2) is 0 Å². The average molecular weight is 205 g/mol. The molecule has 0 bridgehead atoms. The minimum atomic E-state index is 0.348. The van der Waals surface area contributed by atoms with Crippen molar-refractivity contribution >= 4 is 0 Å². The number of benzene rings is 1. The summed E-state index contributed by atoms with van der Waals surface area (Å²) in [6.07, 6.45) is 2.42. The fraction of sp³-hybridized carbons (Fsp3) is 0.538. The molecule has 2 rings (SSSR count). The Kier molecular flexibility index (Phi) is 3.27. The molecule has 1 aromatic rings. The second-order valence-corrected chi connectivity index (χ2v) is 4.66. The third-order valence-corrected chi connectivity index (χ3v) is 3.14. The first-order valence-corrected chi connectivity index (χ1v) is 5.67. The molecule has 0 unspecified atom stereocenters. The van der Waals surface area contributed by atoms with Crippen LogP contribution in [0.1, 0.15) is 19.8 Å². The Morgan fingerprint density at radius 3 is 2.53 bits per heavy atom. The Labute approximate surface area is 91.6 Å². The highest BCUT2D eigenvalue weighted by Crippen LogP contribution is 2.28. The van der Waals surface area contributed by atoms with Crippen molar-refractivity contribution in [2.45, 2.75) is 19.8 Å². The number of rotatable bonds is 3. The zero-order valence-electron chi connectivity index (χ0n) is 9.33. The maximum absolute atomic E-state index is 5.82. The van der Waals surface area contributed by atoms with Gasteiger partial charge in [0.1, 0.15) is 5.75 Å². The second-order valence-electron chi connectivity index (χ2n) is 4.66. The molecular weight excluding hydrogens is 186 g/mol. The van der Waals surface area contributed by atoms with Crippen LogP contribution in [0.5, 0.6) is 5.75 Å². The lowest BCUT2D eigenvalue weighted by atomic mass is 9.82. The Morgan fingerprint density at radius 2 is 1.87 bits per heavy atom. The van der Waals surface area contributed by atoms with Gasteiger partial charge in [0, 0.05) is 5.41 Å². The van der Waals surface area contributed by atoms with Gasteiger partial charge in [-0.15, -0.1) is 0 Å². The standard InChI is InChI=1S/C13H19NO/c1-13(7-9-14-10-8-13)11-15-12-5-3-2-4-6-12/h2-6,14H,7-11H2,1H3. The third-order valence-electron chi connectivity index (χ3n) is 3.14. The molecule has 0 aliphatic carbocycles. The summed E-state index contributed by atoms with van der Waals surface area (Å²) in [7, 11) is 0. The fourth-order valence-electron chi connectivity index (χ4n) is 1.95. The van der Waals surface area contributed by atoms with Gasteiger partial charge in [-0.1, -0.05) is 25.1 Å². The summed E-state index contributed by atoms with van der Waals surface area (Å²) < 4.78 is 5.82. The van der Waals surface area contributed by atoms with Crippen LogP contribution in [0.25, 0.3) is 0 Å². The van der Waals surface area contributed by atoms with Crippen LogP contribution >= 0.6 is 0 Å². The lowest BCUT2D eigenvalue weighted by molar-refractivity contribution is 0.123. The lowest BCUT2D eigenvalue weighted by Gasteiger charge is -2.33. The zero-order valence-corrected chi connectivity index (χ0v) is 9.33. The van der Waals surface area contributed by atoms with Crippen molar-refractivity contribution in [1.29, 1.82) is 0 Å². The molecule has 0 spiro atoms. The minimum absolute atomic E-state index is 0.348. The normalized spacial score (nSPS) is 19.8. The van der Waals surface area contributed by atoms with Crippen molar-refractivity contribution in [1.82, 2.24) is 5.32 Å². The van der Waals surface area contributed by atoms with Crippen LogP contribution in [0, 0.1) is 5.41 Å². The first-order chi connectivity index (χ1) is 7.29. The van der Waals surface area contributed by atoms with Crippen molar-refractivity contribution in [3.8, 4) is 5.75 Å². The van der Waals surface area contributed by atoms with E-state index < -0.39 is 0 Å². The molecule has 2 heteroatoms. The molecule has 0 atom stereocenters. The van der Waals surface area contributed by atoms with E-state index in [0.717, 1.165) is 25.4 Å². The fourth-order valence-corrected chi connectivity index (χ4v) is 1.95. The van der Waals surface area contributed by atoms with Gasteiger partial charge in [-0.2, -0.15) is 0 Å². The predicted octanol–water partition coefficient (Wildman–Crippen LogP) is 2.46. The van der Waals surface area contributed by atoms with Crippen LogP contribution in [0.4, 0.5) is 0 Å². The van der Waals surface area contributed by atoms with E-state index in [-0.39, 0.29) is 0 Å². The molecule has 0 aromatic heterocycles. The summed E-state index contributed by atoms with van der Waals surface area (Å²) in [4.78, 5) is 0. The Hall–Kier alpha value is -1.02. The van der Waals surface area contributed by atoms with Crippen molar-refractivity contribution in [2.75, 3.05) is 19.7 Å². The van der Waals surface area contributed by atoms with E-state index in [9.17, 15) is 0 Å². The molecule has 1 aliphatic heterocycles. The summed E-state index contributed by atoms with van der Waals surface area (Å²) in [5.41, 5.74) is 0.348. The molecule has 1 heterocycles. The first kappa shape index (κ1) is 10.5. The molecule has 1 aromatic carbocycles. The van der Waals surface area contributed by atoms with E-state index in [2.05, 4.69) is 12.2 Å². The number of ether oxygens (including phenoxy) is 1. The lowest BCUT2D eigenvalue weighted by Crippen LogP contribution is -2.38. The summed E-state index contributed by atoms with van der Waals surface area (Å²) in [6.45, 7) is 5.39. The molecule has 1 N–H and O–H groups in total. The van der Waals surface area contributed by atoms with Gasteiger partial charge in [-0.05, 0) is 38.1 Å². The molecular formula is C13H19NO. The van der Waals surface area contributed by atoms with Crippen LogP contribution in [0.15, 0.2) is 30.3 Å². The number of hydrogen-bond acceptors (Lipinski definition) is 2. The predicted molar refractivity (Wildman–Crippen MR) is 62.1 cm³/mol. The van der Waals surface area contributed by atoms with Gasteiger partial charge < -0.3 is 10.1 Å². The number of nitrogens with one attached hydrogen (secondary N) is 1. The Balaban J connectivity index is 1.87. The van der Waals surface area contributed by atoms with Gasteiger partial charge in [0.25, 0.3) is 0 Å². The van der Waals surface area contributed by atoms with Gasteiger partial charge in [-0.25, -0.2) is 0 Å². The molecule has 15 heavy (non-hydrogen) atoms. The highest BCUT2D eigenvalue weighted by Gasteiger charge is 2.27. The van der Waals surface area contributed by atoms with Crippen LogP contribution in [0.2, 0.25) is 0 Å². The van der Waals surface area contributed by atoms with Crippen molar-refractivity contribution < 1.29 is 4.74 Å². The quantitative estimate of drug-likeness (QED) is 0.818. The van der Waals surface area contributed by atoms with E-state index in [1.165, 1.54) is 12.8 Å². The molecule has 1 saturated heterocycles. The minimum Gasteiger partial charge on any atom is -0.493 e. The van der Waals surface area contributed by atoms with Gasteiger partial charge >= 0.3 is 0 Å². The molecule has 1 aliphatic rings. The average Bonchev–Trinajstić information content (AvgIpc) is 2.29. The Morgan fingerprint density at radius 1 is 1.20 bits per heavy atom. The summed E-state index contributed by atoms with van der Waals surface area (Å²) in [5.74, 6) is 0.984. The highest BCUT2D eigenvalue weighted by atomic mass is 16.5. The van der Waals surface area contributed by atoms with Crippen molar-refractivity contribution in [2.24, 2.45) is 5.41 Å². The largest absolute Gasteiger partial charge is 0.493 e. The number of hydrogen-bond donors (Lipinski definition) is 1. The maximum atomic E-state index is 5.82. The van der Waals surface area contributed by atoms with Crippen molar-refractivity contribution in [3.05, 3.63) is 30.3 Å². The maximum Gasteiger partial charge on any atom is 0.119 e. The van der Waals surface area contributed by atoms with Crippen LogP contribution in [0.3, 0.4) is 0 Å². The molecule has 0 saturated carbocycles. The molecule has 82 valence electrons. The molecule has 0 amide bonds. The SMILES string of the molecule is CC1(COc2ccccc2)CCNCC1. The van der Waals surface area contributed by atoms with E-state index in [1.807, 2.05) is 30.3 Å². The van der Waals surface area contributed by atoms with Crippen LogP contribution in [-0.2, 0) is 0 Å². The van der Waals surface area contributed by atoms with Crippen molar-refractivity contribution in [3.63, 3.8) is 0 Å². The molecule has 1 fully saturated rings. The summed E-state index contributed by atoms with van der Waals surface area (Å²) in [5, 5.41) is 3.38. The van der Waals surface area contributed by atoms with Gasteiger partial charge in [0.2, 0.25) is 0 Å². The van der Waals surface area contributed by atoms with Crippen LogP contribution < -0.4 is 10.1 Å². The summed E-state index contributed by atoms with van der Waals surface area (Å²) >= 11 is 0. The molecule has 0 radical (unpaired) electrons. The number of piperidine rings is 1. The highest BCUT2D eigenvalue weighted by molar-refractivity contribution is 5.21. The monoisotopic (exact) mass is 205 g/mol. The van der Waals surface area contributed by atoms with Gasteiger partial charge in [-0.3, -0.25) is 0 Å². The summed E-state index contributed by atoms with van der Waals surface area (Å²) in [6, 6.07) is 10.1. The van der Waals surface area contributed by atoms with E-state index in [0.29, 0.717) is 5.41 Å². The number of para-hydroxylation sites is 1. The van der Waals surface area contributed by atoms with E-state index >= 15 is 0 Å². The second kappa shape index (κ2) is 4.67. The van der Waals surface area contributed by atoms with E-state index in [4.69, 9.17) is 4.74 Å². The van der Waals surface area contributed by atoms with Crippen LogP contribution in [-0.4, -0.2) is 19.7 Å². The van der Waals surface area contributed by atoms with Gasteiger partial charge in [0.05, 0.1) is 6.61 Å². The first-order valence-electron chi connectivity index (χ1n) is 5.67.